The molecule has 0 aliphatic carbocycles. The molecule has 18 nitrogen and oxygen atoms in total. The summed E-state index contributed by atoms with van der Waals surface area (Å²) in [7, 11) is 1.33. The Morgan fingerprint density at radius 3 is 1.44 bits per heavy atom. The highest BCUT2D eigenvalue weighted by molar-refractivity contribution is 5.98. The van der Waals surface area contributed by atoms with Crippen LogP contribution < -0.4 is 31.9 Å². The number of carbonyl (C=O) groups is 8. The molecule has 2 saturated heterocycles. The Labute approximate surface area is 463 Å². The zero-order valence-electron chi connectivity index (χ0n) is 49.3. The minimum atomic E-state index is -1.60. The molecule has 0 saturated carbocycles. The van der Waals surface area contributed by atoms with Gasteiger partial charge in [-0.15, -0.1) is 0 Å². The molecule has 8 N–H and O–H groups in total. The highest BCUT2D eigenvalue weighted by Crippen LogP contribution is 2.25. The van der Waals surface area contributed by atoms with Gasteiger partial charge in [0.25, 0.3) is 0 Å². The largest absolute Gasteiger partial charge is 0.480 e. The molecule has 0 radical (unpaired) electrons. The van der Waals surface area contributed by atoms with E-state index in [1.807, 2.05) is 6.92 Å². The van der Waals surface area contributed by atoms with E-state index in [4.69, 9.17) is 4.74 Å². The molecule has 2 heterocycles. The van der Waals surface area contributed by atoms with Crippen molar-refractivity contribution in [1.29, 1.82) is 0 Å². The van der Waals surface area contributed by atoms with E-state index in [9.17, 15) is 48.6 Å². The van der Waals surface area contributed by atoms with E-state index >= 15 is 0 Å². The number of aliphatic carboxylic acids is 1. The van der Waals surface area contributed by atoms with Gasteiger partial charge in [-0.2, -0.15) is 0 Å². The summed E-state index contributed by atoms with van der Waals surface area (Å²) < 4.78 is 5.79. The first-order valence-electron chi connectivity index (χ1n) is 30.2. The molecule has 0 spiro atoms. The van der Waals surface area contributed by atoms with Gasteiger partial charge in [-0.25, -0.2) is 4.79 Å². The highest BCUT2D eigenvalue weighted by atomic mass is 16.5. The number of carbonyl (C=O) groups excluding carboxylic acids is 7. The zero-order valence-corrected chi connectivity index (χ0v) is 49.3. The Balaban J connectivity index is 2.28. The van der Waals surface area contributed by atoms with E-state index in [1.54, 1.807) is 34.6 Å². The zero-order chi connectivity index (χ0) is 57.5. The van der Waals surface area contributed by atoms with E-state index < -0.39 is 125 Å². The third kappa shape index (κ3) is 25.6. The Morgan fingerprint density at radius 2 is 1.01 bits per heavy atom. The van der Waals surface area contributed by atoms with E-state index in [2.05, 4.69) is 38.8 Å². The lowest BCUT2D eigenvalue weighted by Gasteiger charge is -2.32. The molecule has 2 aliphatic rings. The number of unbranched alkanes of at least 4 members (excludes halogenated alkanes) is 20. The number of hydrogen-bond acceptors (Lipinski definition) is 10. The fourth-order valence-corrected chi connectivity index (χ4v) is 10.7. The van der Waals surface area contributed by atoms with E-state index in [-0.39, 0.29) is 19.4 Å². The molecule has 2 fully saturated rings. The third-order valence-electron chi connectivity index (χ3n) is 15.9. The van der Waals surface area contributed by atoms with Gasteiger partial charge in [0.2, 0.25) is 41.4 Å². The van der Waals surface area contributed by atoms with Gasteiger partial charge in [0.15, 0.2) is 6.04 Å². The standard InChI is InChI=1S/C59H107N7O11/c1-11-13-14-15-16-17-18-19-20-21-22-23-24-25-26-27-28-29-30-31-32-34-44-37-46(77-10)52(59(75)76)65-55(71)49(40(5)6)62-56(72)50(41(7)12-2)64-53(69)45-35-33-36-66(45)58(74)42(8)60-54(70)48(39(3)4)63-57(73)51(43(9)67)61-47(68)38-44/h39-46,48-52,67H,11-38H2,1-10H3,(H,60,70)(H,61,68)(H,62,72)(H,63,73)(H,64,69)(H,65,71)(H,75,76)/t41-,42+,43-,44-,45+,46-,48+,49+,50+,51+,52+/m1/s1. The molecule has 11 atom stereocenters. The first kappa shape index (κ1) is 68.8. The first-order chi connectivity index (χ1) is 36.7. The van der Waals surface area contributed by atoms with Crippen LogP contribution in [0.25, 0.3) is 0 Å². The number of carboxylic acid groups (broad SMARTS) is 1. The number of hydrogen-bond donors (Lipinski definition) is 8. The number of fused-ring (bicyclic) bond motifs is 1. The lowest BCUT2D eigenvalue weighted by Crippen LogP contribution is -2.61. The predicted molar refractivity (Wildman–Crippen MR) is 301 cm³/mol. The van der Waals surface area contributed by atoms with Crippen LogP contribution in [0.15, 0.2) is 0 Å². The van der Waals surface area contributed by atoms with Crippen LogP contribution in [-0.2, 0) is 43.1 Å². The van der Waals surface area contributed by atoms with E-state index in [0.717, 1.165) is 32.1 Å². The Morgan fingerprint density at radius 1 is 0.584 bits per heavy atom. The van der Waals surface area contributed by atoms with Crippen molar-refractivity contribution in [3.63, 3.8) is 0 Å². The molecular weight excluding hydrogens is 983 g/mol. The highest BCUT2D eigenvalue weighted by Gasteiger charge is 2.41. The molecule has 2 rings (SSSR count). The molecule has 444 valence electrons. The van der Waals surface area contributed by atoms with Crippen LogP contribution >= 0.6 is 0 Å². The summed E-state index contributed by atoms with van der Waals surface area (Å²) in [5.74, 6) is -8.00. The third-order valence-corrected chi connectivity index (χ3v) is 15.9. The van der Waals surface area contributed by atoms with Crippen molar-refractivity contribution >= 4 is 47.3 Å². The first-order valence-corrected chi connectivity index (χ1v) is 30.2. The second-order valence-electron chi connectivity index (χ2n) is 23.3. The van der Waals surface area contributed by atoms with Crippen LogP contribution in [0.5, 0.6) is 0 Å². The Bertz CT molecular complexity index is 1780. The molecule has 7 amide bonds. The minimum Gasteiger partial charge on any atom is -0.480 e. The van der Waals surface area contributed by atoms with Crippen molar-refractivity contribution in [2.24, 2.45) is 23.7 Å². The summed E-state index contributed by atoms with van der Waals surface area (Å²) in [4.78, 5) is 112. The maximum atomic E-state index is 14.1. The van der Waals surface area contributed by atoms with Crippen molar-refractivity contribution < 1.29 is 53.3 Å². The number of ether oxygens (including phenoxy) is 1. The molecule has 0 unspecified atom stereocenters. The molecule has 18 heteroatoms. The van der Waals surface area contributed by atoms with Crippen molar-refractivity contribution in [3.05, 3.63) is 0 Å². The smallest absolute Gasteiger partial charge is 0.328 e. The lowest BCUT2D eigenvalue weighted by molar-refractivity contribution is -0.147. The van der Waals surface area contributed by atoms with Gasteiger partial charge in [-0.3, -0.25) is 33.6 Å². The second-order valence-corrected chi connectivity index (χ2v) is 23.3. The summed E-state index contributed by atoms with van der Waals surface area (Å²) in [6, 6.07) is -8.71. The van der Waals surface area contributed by atoms with Crippen LogP contribution in [0.1, 0.15) is 236 Å². The van der Waals surface area contributed by atoms with Crippen molar-refractivity contribution in [2.75, 3.05) is 13.7 Å². The molecule has 0 aromatic rings. The van der Waals surface area contributed by atoms with Crippen LogP contribution in [0.2, 0.25) is 0 Å². The quantitative estimate of drug-likeness (QED) is 0.0336. The summed E-state index contributed by atoms with van der Waals surface area (Å²) in [6.07, 6.45) is 25.1. The normalized spacial score (nSPS) is 25.9. The topological polar surface area (TPSA) is 262 Å². The number of amides is 7. The van der Waals surface area contributed by atoms with Crippen molar-refractivity contribution in [3.8, 4) is 0 Å². The molecule has 0 aromatic carbocycles. The number of aliphatic hydroxyl groups is 1. The SMILES string of the molecule is CCCCCCCCCCCCCCCCCCCCCCC[C@H]1CC(=O)N[C@@H]([C@@H](C)O)C(=O)N[C@@H](C(C)C)C(=O)N[C@@H](C)C(=O)N2CCC[C@H]2C(=O)N[C@@H]([C@H](C)CC)C(=O)N[C@@H](C(C)C)C(=O)N[C@H](C(=O)O)[C@H](OC)C1. The van der Waals surface area contributed by atoms with Gasteiger partial charge in [0.1, 0.15) is 36.3 Å². The summed E-state index contributed by atoms with van der Waals surface area (Å²) >= 11 is 0. The number of nitrogens with one attached hydrogen (secondary N) is 6. The molecular formula is C59H107N7O11. The Kier molecular flexibility index (Phi) is 34.2. The average molecular weight is 1090 g/mol. The Hall–Kier alpha value is -4.32. The monoisotopic (exact) mass is 1090 g/mol. The number of rotatable bonds is 29. The van der Waals surface area contributed by atoms with E-state index in [1.165, 1.54) is 129 Å². The number of methoxy groups -OCH3 is 1. The summed E-state index contributed by atoms with van der Waals surface area (Å²) in [6.45, 7) is 15.7. The number of nitrogens with zero attached hydrogens (tertiary/aromatic N) is 1. The number of aliphatic hydroxyl groups excluding tert-OH is 1. The molecule has 77 heavy (non-hydrogen) atoms. The van der Waals surface area contributed by atoms with Gasteiger partial charge >= 0.3 is 5.97 Å². The van der Waals surface area contributed by atoms with Gasteiger partial charge in [0, 0.05) is 20.1 Å². The fourth-order valence-electron chi connectivity index (χ4n) is 10.7. The van der Waals surface area contributed by atoms with Crippen LogP contribution in [0.3, 0.4) is 0 Å². The fraction of sp³-hybridized carbons (Fsp3) is 0.864. The predicted octanol–water partition coefficient (Wildman–Crippen LogP) is 7.76. The van der Waals surface area contributed by atoms with Gasteiger partial charge in [0.05, 0.1) is 12.2 Å². The van der Waals surface area contributed by atoms with Crippen molar-refractivity contribution in [1.82, 2.24) is 36.8 Å². The average Bonchev–Trinajstić information content (AvgIpc) is 3.88. The van der Waals surface area contributed by atoms with Crippen LogP contribution in [0, 0.1) is 23.7 Å². The van der Waals surface area contributed by atoms with Gasteiger partial charge < -0.3 is 51.8 Å². The molecule has 0 aromatic heterocycles. The van der Waals surface area contributed by atoms with E-state index in [0.29, 0.717) is 25.7 Å². The summed E-state index contributed by atoms with van der Waals surface area (Å²) in [5, 5.41) is 37.7. The lowest BCUT2D eigenvalue weighted by atomic mass is 9.88. The van der Waals surface area contributed by atoms with Gasteiger partial charge in [-0.05, 0) is 63.2 Å². The molecule has 2 aliphatic heterocycles. The molecule has 0 bridgehead atoms. The maximum absolute atomic E-state index is 14.1. The van der Waals surface area contributed by atoms with Crippen LogP contribution in [-0.4, -0.2) is 131 Å². The number of carboxylic acids is 1. The van der Waals surface area contributed by atoms with Crippen LogP contribution in [0.4, 0.5) is 0 Å². The minimum absolute atomic E-state index is 0.0252. The second kappa shape index (κ2) is 38.3. The maximum Gasteiger partial charge on any atom is 0.328 e. The van der Waals surface area contributed by atoms with Gasteiger partial charge in [-0.1, -0.05) is 190 Å². The summed E-state index contributed by atoms with van der Waals surface area (Å²) in [5.41, 5.74) is 0. The van der Waals surface area contributed by atoms with Crippen molar-refractivity contribution in [2.45, 2.75) is 290 Å².